The molecule has 0 heterocycles. The largest absolute Gasteiger partial charge is 0.865 e. The van der Waals surface area contributed by atoms with E-state index in [-0.39, 0.29) is 0 Å². The first kappa shape index (κ1) is 7.92. The minimum atomic E-state index is -1.60. The molecule has 0 atom stereocenters. The van der Waals surface area contributed by atoms with Crippen LogP contribution < -0.4 is 10.2 Å². The van der Waals surface area contributed by atoms with Gasteiger partial charge in [-0.05, 0) is 0 Å². The van der Waals surface area contributed by atoms with Crippen LogP contribution in [0.5, 0.6) is 0 Å². The third-order valence-corrected chi connectivity index (χ3v) is 1.04. The molecule has 0 saturated heterocycles. The zero-order valence-electron chi connectivity index (χ0n) is 5.22. The standard InChI is InChI=1S/C6H12O2/c1-2-3-4-5-6(7)8/h6H,2-5H2,1H3/q-2. The summed E-state index contributed by atoms with van der Waals surface area (Å²) in [6, 6.07) is 0. The van der Waals surface area contributed by atoms with Gasteiger partial charge in [0, 0.05) is 0 Å². The Morgan fingerprint density at radius 1 is 1.25 bits per heavy atom. The van der Waals surface area contributed by atoms with Gasteiger partial charge in [0.15, 0.2) is 0 Å². The summed E-state index contributed by atoms with van der Waals surface area (Å²) in [5.41, 5.74) is 0. The molecule has 0 spiro atoms. The van der Waals surface area contributed by atoms with Gasteiger partial charge in [-0.25, -0.2) is 6.29 Å². The molecular formula is C6H12O2-2. The lowest BCUT2D eigenvalue weighted by molar-refractivity contribution is -0.658. The Kier molecular flexibility index (Phi) is 5.01. The van der Waals surface area contributed by atoms with Crippen LogP contribution >= 0.6 is 0 Å². The van der Waals surface area contributed by atoms with Crippen molar-refractivity contribution in [2.45, 2.75) is 38.9 Å². The molecule has 0 amide bonds. The minimum Gasteiger partial charge on any atom is -0.865 e. The lowest BCUT2D eigenvalue weighted by atomic mass is 10.2. The molecule has 0 fully saturated rings. The third-order valence-electron chi connectivity index (χ3n) is 1.04. The Balaban J connectivity index is 2.72. The van der Waals surface area contributed by atoms with E-state index in [1.165, 1.54) is 0 Å². The van der Waals surface area contributed by atoms with Gasteiger partial charge < -0.3 is 10.2 Å². The Morgan fingerprint density at radius 2 is 1.88 bits per heavy atom. The van der Waals surface area contributed by atoms with Crippen molar-refractivity contribution < 1.29 is 10.2 Å². The number of hydrogen-bond acceptors (Lipinski definition) is 2. The third kappa shape index (κ3) is 5.92. The fourth-order valence-corrected chi connectivity index (χ4v) is 0.561. The lowest BCUT2D eigenvalue weighted by Gasteiger charge is -2.28. The molecule has 0 unspecified atom stereocenters. The van der Waals surface area contributed by atoms with Gasteiger partial charge in [-0.15, -0.1) is 0 Å². The highest BCUT2D eigenvalue weighted by atomic mass is 16.5. The van der Waals surface area contributed by atoms with Crippen molar-refractivity contribution >= 4 is 0 Å². The van der Waals surface area contributed by atoms with E-state index in [4.69, 9.17) is 0 Å². The fraction of sp³-hybridized carbons (Fsp3) is 1.00. The molecule has 50 valence electrons. The molecule has 0 aliphatic carbocycles. The first-order valence-electron chi connectivity index (χ1n) is 3.09. The minimum absolute atomic E-state index is 0.299. The van der Waals surface area contributed by atoms with Gasteiger partial charge in [0.1, 0.15) is 0 Å². The van der Waals surface area contributed by atoms with Crippen LogP contribution in [-0.4, -0.2) is 6.29 Å². The summed E-state index contributed by atoms with van der Waals surface area (Å²) in [6.45, 7) is 2.05. The van der Waals surface area contributed by atoms with E-state index in [0.717, 1.165) is 19.3 Å². The normalized spacial score (nSPS) is 10.5. The van der Waals surface area contributed by atoms with Crippen molar-refractivity contribution in [3.63, 3.8) is 0 Å². The quantitative estimate of drug-likeness (QED) is 0.371. The van der Waals surface area contributed by atoms with E-state index in [9.17, 15) is 10.2 Å². The Morgan fingerprint density at radius 3 is 2.25 bits per heavy atom. The van der Waals surface area contributed by atoms with Gasteiger partial charge in [0.2, 0.25) is 0 Å². The zero-order valence-corrected chi connectivity index (χ0v) is 5.22. The van der Waals surface area contributed by atoms with Crippen LogP contribution in [0.4, 0.5) is 0 Å². The maximum absolute atomic E-state index is 9.85. The van der Waals surface area contributed by atoms with E-state index in [1.807, 2.05) is 6.92 Å². The molecule has 0 aromatic carbocycles. The highest BCUT2D eigenvalue weighted by Crippen LogP contribution is 1.97. The molecule has 0 rings (SSSR count). The summed E-state index contributed by atoms with van der Waals surface area (Å²) in [5, 5.41) is 19.7. The summed E-state index contributed by atoms with van der Waals surface area (Å²) in [4.78, 5) is 0. The molecule has 2 nitrogen and oxygen atoms in total. The van der Waals surface area contributed by atoms with Gasteiger partial charge in [-0.1, -0.05) is 32.6 Å². The molecule has 0 aliphatic heterocycles. The monoisotopic (exact) mass is 116 g/mol. The van der Waals surface area contributed by atoms with Crippen molar-refractivity contribution in [2.75, 3.05) is 0 Å². The van der Waals surface area contributed by atoms with Crippen LogP contribution in [0.1, 0.15) is 32.6 Å². The van der Waals surface area contributed by atoms with Gasteiger partial charge in [-0.2, -0.15) is 0 Å². The molecule has 0 bridgehead atoms. The molecular weight excluding hydrogens is 104 g/mol. The van der Waals surface area contributed by atoms with Gasteiger partial charge in [0.05, 0.1) is 0 Å². The van der Waals surface area contributed by atoms with E-state index in [1.54, 1.807) is 0 Å². The summed E-state index contributed by atoms with van der Waals surface area (Å²) in [5.74, 6) is 0. The highest BCUT2D eigenvalue weighted by Gasteiger charge is 1.80. The molecule has 0 aliphatic rings. The van der Waals surface area contributed by atoms with Crippen molar-refractivity contribution in [3.05, 3.63) is 0 Å². The molecule has 0 aromatic rings. The number of hydrogen-bond donors (Lipinski definition) is 0. The first-order valence-corrected chi connectivity index (χ1v) is 3.09. The number of unbranched alkanes of at least 4 members (excludes halogenated alkanes) is 2. The SMILES string of the molecule is CCCCCC([O-])[O-]. The van der Waals surface area contributed by atoms with Crippen molar-refractivity contribution in [2.24, 2.45) is 0 Å². The summed E-state index contributed by atoms with van der Waals surface area (Å²) >= 11 is 0. The first-order chi connectivity index (χ1) is 3.77. The van der Waals surface area contributed by atoms with Crippen LogP contribution in [0, 0.1) is 0 Å². The zero-order chi connectivity index (χ0) is 6.41. The Bertz CT molecular complexity index is 43.8. The smallest absolute Gasteiger partial charge is 0.0537 e. The van der Waals surface area contributed by atoms with Gasteiger partial charge >= 0.3 is 0 Å². The second-order valence-electron chi connectivity index (χ2n) is 1.93. The van der Waals surface area contributed by atoms with E-state index >= 15 is 0 Å². The number of rotatable bonds is 4. The second-order valence-corrected chi connectivity index (χ2v) is 1.93. The van der Waals surface area contributed by atoms with E-state index < -0.39 is 6.29 Å². The molecule has 0 radical (unpaired) electrons. The van der Waals surface area contributed by atoms with Crippen LogP contribution in [0.3, 0.4) is 0 Å². The molecule has 0 N–H and O–H groups in total. The summed E-state index contributed by atoms with van der Waals surface area (Å²) in [6.07, 6.45) is 1.59. The van der Waals surface area contributed by atoms with Gasteiger partial charge in [0.25, 0.3) is 0 Å². The van der Waals surface area contributed by atoms with Crippen LogP contribution in [-0.2, 0) is 0 Å². The summed E-state index contributed by atoms with van der Waals surface area (Å²) < 4.78 is 0. The molecule has 2 heteroatoms. The van der Waals surface area contributed by atoms with Gasteiger partial charge in [-0.3, -0.25) is 0 Å². The Labute approximate surface area is 50.2 Å². The average molecular weight is 116 g/mol. The van der Waals surface area contributed by atoms with Crippen LogP contribution in [0.15, 0.2) is 0 Å². The maximum atomic E-state index is 9.85. The summed E-state index contributed by atoms with van der Waals surface area (Å²) in [7, 11) is 0. The molecule has 0 aromatic heterocycles. The van der Waals surface area contributed by atoms with Crippen molar-refractivity contribution in [1.82, 2.24) is 0 Å². The van der Waals surface area contributed by atoms with Crippen molar-refractivity contribution in [3.8, 4) is 0 Å². The van der Waals surface area contributed by atoms with E-state index in [2.05, 4.69) is 0 Å². The van der Waals surface area contributed by atoms with Crippen LogP contribution in [0.2, 0.25) is 0 Å². The Hall–Kier alpha value is -0.0800. The van der Waals surface area contributed by atoms with E-state index in [0.29, 0.717) is 6.42 Å². The molecule has 8 heavy (non-hydrogen) atoms. The maximum Gasteiger partial charge on any atom is -0.0537 e. The average Bonchev–Trinajstić information content (AvgIpc) is 1.66. The predicted octanol–water partition coefficient (Wildman–Crippen LogP) is -0.387. The second kappa shape index (κ2) is 5.06. The van der Waals surface area contributed by atoms with Crippen LogP contribution in [0.25, 0.3) is 0 Å². The lowest BCUT2D eigenvalue weighted by Crippen LogP contribution is -2.38. The predicted molar refractivity (Wildman–Crippen MR) is 27.9 cm³/mol. The molecule has 0 saturated carbocycles. The highest BCUT2D eigenvalue weighted by molar-refractivity contribution is 4.38. The topological polar surface area (TPSA) is 46.1 Å². The fourth-order valence-electron chi connectivity index (χ4n) is 0.561. The van der Waals surface area contributed by atoms with Crippen molar-refractivity contribution in [1.29, 1.82) is 0 Å².